The molecule has 2 aliphatic rings. The number of hydrogen-bond donors (Lipinski definition) is 2. The van der Waals surface area contributed by atoms with Crippen LogP contribution in [0.3, 0.4) is 0 Å². The summed E-state index contributed by atoms with van der Waals surface area (Å²) < 4.78 is 0. The average Bonchev–Trinajstić information content (AvgIpc) is 3.29. The molecule has 2 heterocycles. The normalized spacial score (nSPS) is 22.7. The highest BCUT2D eigenvalue weighted by molar-refractivity contribution is 5.97. The fraction of sp³-hybridized carbons (Fsp3) is 0.333. The molecule has 2 fully saturated rings. The van der Waals surface area contributed by atoms with Crippen molar-refractivity contribution in [3.05, 3.63) is 71.8 Å². The number of rotatable bonds is 4. The van der Waals surface area contributed by atoms with Crippen LogP contribution in [0, 0.1) is 11.8 Å². The summed E-state index contributed by atoms with van der Waals surface area (Å²) >= 11 is 0. The maximum absolute atomic E-state index is 13.2. The quantitative estimate of drug-likeness (QED) is 0.885. The molecule has 0 spiro atoms. The Labute approximate surface area is 153 Å². The van der Waals surface area contributed by atoms with E-state index in [0.717, 1.165) is 31.7 Å². The van der Waals surface area contributed by atoms with E-state index < -0.39 is 6.04 Å². The Morgan fingerprint density at radius 3 is 2.12 bits per heavy atom. The number of nitrogens with one attached hydrogen (secondary N) is 2. The Bertz CT molecular complexity index is 766. The summed E-state index contributed by atoms with van der Waals surface area (Å²) in [6.07, 6.45) is 0. The van der Waals surface area contributed by atoms with Crippen LogP contribution in [-0.4, -0.2) is 42.9 Å². The van der Waals surface area contributed by atoms with Crippen LogP contribution in [0.5, 0.6) is 0 Å². The molecule has 2 aliphatic heterocycles. The van der Waals surface area contributed by atoms with Gasteiger partial charge in [0.2, 0.25) is 5.91 Å². The van der Waals surface area contributed by atoms with Crippen molar-refractivity contribution in [3.8, 4) is 0 Å². The molecule has 5 nitrogen and oxygen atoms in total. The molecule has 134 valence electrons. The number of amides is 2. The Morgan fingerprint density at radius 2 is 1.50 bits per heavy atom. The molecule has 0 bridgehead atoms. The molecule has 2 aromatic rings. The standard InChI is InChI=1S/C21H23N3O2/c25-20(16-9-5-2-6-10-16)23-19(15-7-3-1-4-8-15)21(26)24-13-17-11-22-12-18(17)14-24/h1-10,17-19,22H,11-14H2,(H,23,25)/t17-,18+,19?. The van der Waals surface area contributed by atoms with Crippen molar-refractivity contribution in [2.75, 3.05) is 26.2 Å². The highest BCUT2D eigenvalue weighted by atomic mass is 16.2. The molecule has 0 aromatic heterocycles. The van der Waals surface area contributed by atoms with Gasteiger partial charge in [-0.3, -0.25) is 9.59 Å². The topological polar surface area (TPSA) is 61.4 Å². The Hall–Kier alpha value is -2.66. The lowest BCUT2D eigenvalue weighted by Crippen LogP contribution is -2.43. The fourth-order valence-electron chi connectivity index (χ4n) is 3.96. The summed E-state index contributed by atoms with van der Waals surface area (Å²) in [6, 6.07) is 17.9. The lowest BCUT2D eigenvalue weighted by molar-refractivity contribution is -0.132. The zero-order valence-corrected chi connectivity index (χ0v) is 14.6. The minimum absolute atomic E-state index is 0.0186. The van der Waals surface area contributed by atoms with E-state index in [0.29, 0.717) is 17.4 Å². The van der Waals surface area contributed by atoms with E-state index in [9.17, 15) is 9.59 Å². The predicted molar refractivity (Wildman–Crippen MR) is 99.5 cm³/mol. The maximum atomic E-state index is 13.2. The predicted octanol–water partition coefficient (Wildman–Crippen LogP) is 1.84. The van der Waals surface area contributed by atoms with Crippen molar-refractivity contribution >= 4 is 11.8 Å². The van der Waals surface area contributed by atoms with Crippen LogP contribution in [0.25, 0.3) is 0 Å². The summed E-state index contributed by atoms with van der Waals surface area (Å²) in [7, 11) is 0. The van der Waals surface area contributed by atoms with Gasteiger partial charge in [0, 0.05) is 31.7 Å². The van der Waals surface area contributed by atoms with Crippen molar-refractivity contribution < 1.29 is 9.59 Å². The zero-order valence-electron chi connectivity index (χ0n) is 14.6. The van der Waals surface area contributed by atoms with Crippen molar-refractivity contribution in [1.29, 1.82) is 0 Å². The molecule has 2 saturated heterocycles. The molecule has 0 saturated carbocycles. The van der Waals surface area contributed by atoms with Crippen LogP contribution in [0.4, 0.5) is 0 Å². The van der Waals surface area contributed by atoms with Gasteiger partial charge in [0.1, 0.15) is 6.04 Å². The van der Waals surface area contributed by atoms with Gasteiger partial charge in [-0.05, 0) is 29.5 Å². The number of carbonyl (C=O) groups is 2. The molecule has 3 atom stereocenters. The molecule has 2 N–H and O–H groups in total. The zero-order chi connectivity index (χ0) is 17.9. The second-order valence-electron chi connectivity index (χ2n) is 7.10. The van der Waals surface area contributed by atoms with Gasteiger partial charge >= 0.3 is 0 Å². The first-order chi connectivity index (χ1) is 12.7. The van der Waals surface area contributed by atoms with Crippen molar-refractivity contribution in [2.24, 2.45) is 11.8 Å². The van der Waals surface area contributed by atoms with E-state index in [1.54, 1.807) is 12.1 Å². The van der Waals surface area contributed by atoms with Gasteiger partial charge in [-0.1, -0.05) is 48.5 Å². The van der Waals surface area contributed by atoms with Crippen LogP contribution in [0.2, 0.25) is 0 Å². The lowest BCUT2D eigenvalue weighted by Gasteiger charge is -2.25. The minimum Gasteiger partial charge on any atom is -0.340 e. The highest BCUT2D eigenvalue weighted by Crippen LogP contribution is 2.29. The third-order valence-electron chi connectivity index (χ3n) is 5.39. The first-order valence-corrected chi connectivity index (χ1v) is 9.13. The van der Waals surface area contributed by atoms with Crippen LogP contribution in [0.1, 0.15) is 22.0 Å². The molecule has 1 unspecified atom stereocenters. The SMILES string of the molecule is O=C(NC(C(=O)N1C[C@H]2CNC[C@H]2C1)c1ccccc1)c1ccccc1. The largest absolute Gasteiger partial charge is 0.340 e. The summed E-state index contributed by atoms with van der Waals surface area (Å²) in [5.74, 6) is 0.809. The van der Waals surface area contributed by atoms with E-state index in [1.807, 2.05) is 53.4 Å². The first-order valence-electron chi connectivity index (χ1n) is 9.13. The lowest BCUT2D eigenvalue weighted by atomic mass is 10.0. The third-order valence-corrected chi connectivity index (χ3v) is 5.39. The molecule has 0 radical (unpaired) electrons. The van der Waals surface area contributed by atoms with Gasteiger partial charge in [0.15, 0.2) is 0 Å². The molecular weight excluding hydrogens is 326 g/mol. The molecule has 2 aromatic carbocycles. The molecule has 5 heteroatoms. The number of carbonyl (C=O) groups excluding carboxylic acids is 2. The molecular formula is C21H23N3O2. The maximum Gasteiger partial charge on any atom is 0.252 e. The van der Waals surface area contributed by atoms with Gasteiger partial charge in [0.05, 0.1) is 0 Å². The minimum atomic E-state index is -0.657. The number of likely N-dealkylation sites (tertiary alicyclic amines) is 1. The van der Waals surface area contributed by atoms with E-state index in [4.69, 9.17) is 0 Å². The van der Waals surface area contributed by atoms with E-state index in [1.165, 1.54) is 0 Å². The number of hydrogen-bond acceptors (Lipinski definition) is 3. The fourth-order valence-corrected chi connectivity index (χ4v) is 3.96. The second kappa shape index (κ2) is 7.30. The number of fused-ring (bicyclic) bond motifs is 1. The van der Waals surface area contributed by atoms with Crippen LogP contribution in [0.15, 0.2) is 60.7 Å². The molecule has 0 aliphatic carbocycles. The van der Waals surface area contributed by atoms with E-state index in [-0.39, 0.29) is 11.8 Å². The molecule has 2 amide bonds. The smallest absolute Gasteiger partial charge is 0.252 e. The van der Waals surface area contributed by atoms with Crippen molar-refractivity contribution in [3.63, 3.8) is 0 Å². The van der Waals surface area contributed by atoms with Crippen molar-refractivity contribution in [1.82, 2.24) is 15.5 Å². The Kier molecular flexibility index (Phi) is 4.71. The third kappa shape index (κ3) is 3.35. The monoisotopic (exact) mass is 349 g/mol. The van der Waals surface area contributed by atoms with Gasteiger partial charge < -0.3 is 15.5 Å². The van der Waals surface area contributed by atoms with Crippen molar-refractivity contribution in [2.45, 2.75) is 6.04 Å². The highest BCUT2D eigenvalue weighted by Gasteiger charge is 2.40. The Balaban J connectivity index is 1.55. The van der Waals surface area contributed by atoms with Gasteiger partial charge in [-0.2, -0.15) is 0 Å². The summed E-state index contributed by atoms with van der Waals surface area (Å²) in [5.41, 5.74) is 1.38. The molecule has 26 heavy (non-hydrogen) atoms. The van der Waals surface area contributed by atoms with E-state index in [2.05, 4.69) is 10.6 Å². The number of nitrogens with zero attached hydrogens (tertiary/aromatic N) is 1. The van der Waals surface area contributed by atoms with Gasteiger partial charge in [-0.15, -0.1) is 0 Å². The summed E-state index contributed by atoms with van der Waals surface area (Å²) in [5, 5.41) is 6.34. The summed E-state index contributed by atoms with van der Waals surface area (Å²) in [6.45, 7) is 3.48. The van der Waals surface area contributed by atoms with Gasteiger partial charge in [0.25, 0.3) is 5.91 Å². The molecule has 4 rings (SSSR count). The van der Waals surface area contributed by atoms with Gasteiger partial charge in [-0.25, -0.2) is 0 Å². The van der Waals surface area contributed by atoms with Crippen LogP contribution >= 0.6 is 0 Å². The summed E-state index contributed by atoms with van der Waals surface area (Å²) in [4.78, 5) is 27.8. The average molecular weight is 349 g/mol. The first kappa shape index (κ1) is 16.8. The number of benzene rings is 2. The van der Waals surface area contributed by atoms with Crippen LogP contribution in [-0.2, 0) is 4.79 Å². The van der Waals surface area contributed by atoms with E-state index >= 15 is 0 Å². The Morgan fingerprint density at radius 1 is 0.923 bits per heavy atom. The second-order valence-corrected chi connectivity index (χ2v) is 7.10. The van der Waals surface area contributed by atoms with Crippen LogP contribution < -0.4 is 10.6 Å².